The second-order valence-corrected chi connectivity index (χ2v) is 3.85. The lowest BCUT2D eigenvalue weighted by Crippen LogP contribution is -2.12. The van der Waals surface area contributed by atoms with Gasteiger partial charge in [-0.3, -0.25) is 4.79 Å². The number of alkyl halides is 1. The summed E-state index contributed by atoms with van der Waals surface area (Å²) in [6.07, 6.45) is 1.40. The summed E-state index contributed by atoms with van der Waals surface area (Å²) < 4.78 is 4.83. The van der Waals surface area contributed by atoms with Crippen molar-refractivity contribution in [2.24, 2.45) is 0 Å². The van der Waals surface area contributed by atoms with Crippen molar-refractivity contribution in [1.82, 2.24) is 5.16 Å². The highest BCUT2D eigenvalue weighted by atomic mass is 35.5. The molecule has 2 aromatic rings. The molecule has 1 aromatic carbocycles. The van der Waals surface area contributed by atoms with Gasteiger partial charge in [0.1, 0.15) is 11.3 Å². The van der Waals surface area contributed by atoms with E-state index < -0.39 is 0 Å². The normalized spacial score (nSPS) is 10.2. The number of halogens is 1. The predicted octanol–water partition coefficient (Wildman–Crippen LogP) is 2.97. The predicted molar refractivity (Wildman–Crippen MR) is 65.2 cm³/mol. The number of nitrogens with zero attached hydrogens (tertiary/aromatic N) is 1. The van der Waals surface area contributed by atoms with Gasteiger partial charge in [-0.05, 0) is 24.6 Å². The Morgan fingerprint density at radius 3 is 2.65 bits per heavy atom. The Hall–Kier alpha value is -1.81. The van der Waals surface area contributed by atoms with Crippen LogP contribution in [0.15, 0.2) is 35.0 Å². The Kier molecular flexibility index (Phi) is 3.44. The van der Waals surface area contributed by atoms with Crippen molar-refractivity contribution in [1.29, 1.82) is 0 Å². The van der Waals surface area contributed by atoms with E-state index in [4.69, 9.17) is 16.1 Å². The van der Waals surface area contributed by atoms with E-state index in [0.717, 1.165) is 5.56 Å². The van der Waals surface area contributed by atoms with E-state index in [1.165, 1.54) is 6.20 Å². The molecule has 0 fully saturated rings. The van der Waals surface area contributed by atoms with E-state index in [9.17, 15) is 4.79 Å². The minimum absolute atomic E-state index is 0.234. The Bertz CT molecular complexity index is 520. The molecule has 1 amide bonds. The zero-order valence-electron chi connectivity index (χ0n) is 9.24. The third-order valence-electron chi connectivity index (χ3n) is 2.36. The van der Waals surface area contributed by atoms with E-state index >= 15 is 0 Å². The van der Waals surface area contributed by atoms with Gasteiger partial charge >= 0.3 is 0 Å². The van der Waals surface area contributed by atoms with Crippen molar-refractivity contribution >= 4 is 23.2 Å². The molecule has 1 aromatic heterocycles. The van der Waals surface area contributed by atoms with Crippen LogP contribution in [0.1, 0.15) is 21.7 Å². The van der Waals surface area contributed by atoms with Crippen molar-refractivity contribution in [3.8, 4) is 0 Å². The molecule has 0 radical (unpaired) electrons. The molecule has 88 valence electrons. The van der Waals surface area contributed by atoms with Crippen LogP contribution in [0.4, 0.5) is 5.69 Å². The maximum atomic E-state index is 11.8. The highest BCUT2D eigenvalue weighted by Crippen LogP contribution is 2.14. The quantitative estimate of drug-likeness (QED) is 0.852. The van der Waals surface area contributed by atoms with Crippen LogP contribution in [0.5, 0.6) is 0 Å². The number of benzene rings is 1. The molecule has 2 rings (SSSR count). The van der Waals surface area contributed by atoms with Crippen LogP contribution in [0.25, 0.3) is 0 Å². The average molecular weight is 251 g/mol. The van der Waals surface area contributed by atoms with Crippen molar-refractivity contribution in [2.75, 3.05) is 5.32 Å². The van der Waals surface area contributed by atoms with E-state index in [2.05, 4.69) is 10.5 Å². The number of anilines is 1. The van der Waals surface area contributed by atoms with Gasteiger partial charge in [-0.15, -0.1) is 11.6 Å². The molecular formula is C12H11ClN2O2. The van der Waals surface area contributed by atoms with Crippen molar-refractivity contribution in [2.45, 2.75) is 12.8 Å². The van der Waals surface area contributed by atoms with Crippen molar-refractivity contribution < 1.29 is 9.32 Å². The topological polar surface area (TPSA) is 55.1 Å². The van der Waals surface area contributed by atoms with E-state index in [0.29, 0.717) is 22.9 Å². The van der Waals surface area contributed by atoms with Gasteiger partial charge in [0.15, 0.2) is 0 Å². The van der Waals surface area contributed by atoms with Gasteiger partial charge in [0.25, 0.3) is 5.91 Å². The molecule has 0 aliphatic rings. The SMILES string of the molecule is Cc1oncc1C(=O)Nc1ccc(CCl)cc1. The molecule has 0 bridgehead atoms. The molecule has 0 saturated heterocycles. The third-order valence-corrected chi connectivity index (χ3v) is 2.67. The zero-order chi connectivity index (χ0) is 12.3. The summed E-state index contributed by atoms with van der Waals surface area (Å²) in [7, 11) is 0. The Morgan fingerprint density at radius 2 is 2.12 bits per heavy atom. The molecule has 0 saturated carbocycles. The molecule has 4 nitrogen and oxygen atoms in total. The molecule has 0 spiro atoms. The fraction of sp³-hybridized carbons (Fsp3) is 0.167. The van der Waals surface area contributed by atoms with Gasteiger partial charge in [-0.2, -0.15) is 0 Å². The standard InChI is InChI=1S/C12H11ClN2O2/c1-8-11(7-14-17-8)12(16)15-10-4-2-9(6-13)3-5-10/h2-5,7H,6H2,1H3,(H,15,16). The minimum Gasteiger partial charge on any atom is -0.361 e. The molecule has 17 heavy (non-hydrogen) atoms. The third kappa shape index (κ3) is 2.65. The summed E-state index contributed by atoms with van der Waals surface area (Å²) in [4.78, 5) is 11.8. The molecule has 0 aliphatic heterocycles. The number of nitrogens with one attached hydrogen (secondary N) is 1. The van der Waals surface area contributed by atoms with Crippen molar-refractivity contribution in [3.05, 3.63) is 47.3 Å². The first kappa shape index (κ1) is 11.7. The lowest BCUT2D eigenvalue weighted by Gasteiger charge is -2.04. The maximum Gasteiger partial charge on any atom is 0.260 e. The Morgan fingerprint density at radius 1 is 1.41 bits per heavy atom. The summed E-state index contributed by atoms with van der Waals surface area (Å²) in [5, 5.41) is 6.31. The van der Waals surface area contributed by atoms with Gasteiger partial charge in [0.2, 0.25) is 0 Å². The molecule has 0 atom stereocenters. The first-order valence-electron chi connectivity index (χ1n) is 5.08. The largest absolute Gasteiger partial charge is 0.361 e. The molecule has 5 heteroatoms. The Labute approximate surface area is 104 Å². The molecule has 0 unspecified atom stereocenters. The summed E-state index contributed by atoms with van der Waals surface area (Å²) >= 11 is 5.68. The Balaban J connectivity index is 2.10. The first-order valence-corrected chi connectivity index (χ1v) is 5.61. The fourth-order valence-corrected chi connectivity index (χ4v) is 1.57. The fourth-order valence-electron chi connectivity index (χ4n) is 1.39. The summed E-state index contributed by atoms with van der Waals surface area (Å²) in [6, 6.07) is 7.34. The number of rotatable bonds is 3. The average Bonchev–Trinajstić information content (AvgIpc) is 2.76. The van der Waals surface area contributed by atoms with E-state index in [-0.39, 0.29) is 5.91 Å². The maximum absolute atomic E-state index is 11.8. The van der Waals surface area contributed by atoms with Gasteiger partial charge in [0.05, 0.1) is 6.20 Å². The summed E-state index contributed by atoms with van der Waals surface area (Å²) in [6.45, 7) is 1.69. The van der Waals surface area contributed by atoms with Crippen molar-refractivity contribution in [3.63, 3.8) is 0 Å². The number of hydrogen-bond acceptors (Lipinski definition) is 3. The van der Waals surface area contributed by atoms with Crippen LogP contribution in [-0.4, -0.2) is 11.1 Å². The number of amides is 1. The number of carbonyl (C=O) groups is 1. The van der Waals surface area contributed by atoms with Crippen LogP contribution >= 0.6 is 11.6 Å². The highest BCUT2D eigenvalue weighted by molar-refractivity contribution is 6.17. The van der Waals surface area contributed by atoms with Gasteiger partial charge in [0, 0.05) is 11.6 Å². The smallest absolute Gasteiger partial charge is 0.260 e. The molecule has 0 aliphatic carbocycles. The second-order valence-electron chi connectivity index (χ2n) is 3.58. The van der Waals surface area contributed by atoms with Crippen LogP contribution < -0.4 is 5.32 Å². The molecule has 1 N–H and O–H groups in total. The summed E-state index contributed by atoms with van der Waals surface area (Å²) in [5.41, 5.74) is 2.15. The lowest BCUT2D eigenvalue weighted by molar-refractivity contribution is 0.102. The van der Waals surface area contributed by atoms with E-state index in [1.807, 2.05) is 12.1 Å². The minimum atomic E-state index is -0.234. The van der Waals surface area contributed by atoms with Crippen LogP contribution in [0.3, 0.4) is 0 Å². The second kappa shape index (κ2) is 5.01. The molecule has 1 heterocycles. The monoisotopic (exact) mass is 250 g/mol. The molecular weight excluding hydrogens is 240 g/mol. The number of hydrogen-bond donors (Lipinski definition) is 1. The van der Waals surface area contributed by atoms with Crippen LogP contribution in [0, 0.1) is 6.92 Å². The number of aryl methyl sites for hydroxylation is 1. The first-order chi connectivity index (χ1) is 8.20. The van der Waals surface area contributed by atoms with E-state index in [1.54, 1.807) is 19.1 Å². The highest BCUT2D eigenvalue weighted by Gasteiger charge is 2.12. The van der Waals surface area contributed by atoms with Gasteiger partial charge < -0.3 is 9.84 Å². The zero-order valence-corrected chi connectivity index (χ0v) is 9.99. The van der Waals surface area contributed by atoms with Crippen LogP contribution in [-0.2, 0) is 5.88 Å². The lowest BCUT2D eigenvalue weighted by atomic mass is 10.2. The van der Waals surface area contributed by atoms with Gasteiger partial charge in [-0.25, -0.2) is 0 Å². The summed E-state index contributed by atoms with van der Waals surface area (Å²) in [5.74, 6) is 0.723. The van der Waals surface area contributed by atoms with Gasteiger partial charge in [-0.1, -0.05) is 17.3 Å². The van der Waals surface area contributed by atoms with Crippen LogP contribution in [0.2, 0.25) is 0 Å². The number of carbonyl (C=O) groups excluding carboxylic acids is 1. The number of aromatic nitrogens is 1.